The number of ether oxygens (including phenoxy) is 2. The van der Waals surface area contributed by atoms with Crippen LogP contribution >= 0.6 is 0 Å². The maximum absolute atomic E-state index is 6.13. The van der Waals surface area contributed by atoms with Gasteiger partial charge in [-0.25, -0.2) is 0 Å². The molecule has 2 fully saturated rings. The fourth-order valence-electron chi connectivity index (χ4n) is 4.00. The largest absolute Gasteiger partial charge is 0.376 e. The average molecular weight is 283 g/mol. The SMILES string of the molecule is CCOC(C(NC)C1CCOC2(CCC2)C1)C(C)(C)C. The highest BCUT2D eigenvalue weighted by molar-refractivity contribution is 4.99. The van der Waals surface area contributed by atoms with E-state index >= 15 is 0 Å². The summed E-state index contributed by atoms with van der Waals surface area (Å²) in [6.07, 6.45) is 6.48. The van der Waals surface area contributed by atoms with Crippen molar-refractivity contribution in [2.24, 2.45) is 11.3 Å². The summed E-state index contributed by atoms with van der Waals surface area (Å²) in [6, 6.07) is 0.427. The quantitative estimate of drug-likeness (QED) is 0.839. The van der Waals surface area contributed by atoms with Crippen LogP contribution in [0.1, 0.15) is 59.8 Å². The number of hydrogen-bond donors (Lipinski definition) is 1. The van der Waals surface area contributed by atoms with E-state index in [-0.39, 0.29) is 17.1 Å². The third-order valence-electron chi connectivity index (χ3n) is 5.16. The van der Waals surface area contributed by atoms with Gasteiger partial charge in [-0.3, -0.25) is 0 Å². The van der Waals surface area contributed by atoms with E-state index in [0.29, 0.717) is 12.0 Å². The van der Waals surface area contributed by atoms with E-state index in [1.54, 1.807) is 0 Å². The molecule has 2 rings (SSSR count). The van der Waals surface area contributed by atoms with E-state index in [4.69, 9.17) is 9.47 Å². The number of hydrogen-bond acceptors (Lipinski definition) is 3. The standard InChI is InChI=1S/C17H33NO2/c1-6-19-15(16(2,3)4)14(18-5)13-8-11-20-17(12-13)9-7-10-17/h13-15,18H,6-12H2,1-5H3. The van der Waals surface area contributed by atoms with E-state index < -0.39 is 0 Å². The molecule has 3 atom stereocenters. The van der Waals surface area contributed by atoms with Crippen molar-refractivity contribution in [1.82, 2.24) is 5.32 Å². The summed E-state index contributed by atoms with van der Waals surface area (Å²) < 4.78 is 12.2. The van der Waals surface area contributed by atoms with E-state index in [2.05, 4.69) is 40.1 Å². The predicted molar refractivity (Wildman–Crippen MR) is 83.0 cm³/mol. The molecule has 20 heavy (non-hydrogen) atoms. The first-order chi connectivity index (χ1) is 9.42. The van der Waals surface area contributed by atoms with Crippen molar-refractivity contribution in [2.75, 3.05) is 20.3 Å². The monoisotopic (exact) mass is 283 g/mol. The number of likely N-dealkylation sites (N-methyl/N-ethyl adjacent to an activating group) is 1. The van der Waals surface area contributed by atoms with Gasteiger partial charge in [0.2, 0.25) is 0 Å². The zero-order valence-corrected chi connectivity index (χ0v) is 14.0. The topological polar surface area (TPSA) is 30.5 Å². The Kier molecular flexibility index (Phi) is 5.14. The molecule has 3 heteroatoms. The molecule has 1 saturated carbocycles. The molecule has 3 nitrogen and oxygen atoms in total. The van der Waals surface area contributed by atoms with Gasteiger partial charge < -0.3 is 14.8 Å². The van der Waals surface area contributed by atoms with Crippen molar-refractivity contribution in [3.63, 3.8) is 0 Å². The Morgan fingerprint density at radius 2 is 2.05 bits per heavy atom. The third kappa shape index (κ3) is 3.37. The molecule has 0 radical (unpaired) electrons. The Morgan fingerprint density at radius 1 is 1.35 bits per heavy atom. The van der Waals surface area contributed by atoms with Crippen molar-refractivity contribution >= 4 is 0 Å². The lowest BCUT2D eigenvalue weighted by atomic mass is 9.68. The molecule has 2 aliphatic rings. The molecular weight excluding hydrogens is 250 g/mol. The van der Waals surface area contributed by atoms with Crippen LogP contribution in [0.4, 0.5) is 0 Å². The van der Waals surface area contributed by atoms with Crippen molar-refractivity contribution in [2.45, 2.75) is 77.5 Å². The van der Waals surface area contributed by atoms with Gasteiger partial charge in [-0.2, -0.15) is 0 Å². The fourth-order valence-corrected chi connectivity index (χ4v) is 4.00. The first-order valence-corrected chi connectivity index (χ1v) is 8.35. The molecular formula is C17H33NO2. The highest BCUT2D eigenvalue weighted by atomic mass is 16.5. The minimum Gasteiger partial charge on any atom is -0.376 e. The second kappa shape index (κ2) is 6.33. The summed E-state index contributed by atoms with van der Waals surface area (Å²) in [7, 11) is 2.09. The maximum atomic E-state index is 6.13. The van der Waals surface area contributed by atoms with E-state index in [9.17, 15) is 0 Å². The highest BCUT2D eigenvalue weighted by Crippen LogP contribution is 2.46. The highest BCUT2D eigenvalue weighted by Gasteiger charge is 2.46. The van der Waals surface area contributed by atoms with Gasteiger partial charge in [0, 0.05) is 19.3 Å². The second-order valence-corrected chi connectivity index (χ2v) is 7.69. The van der Waals surface area contributed by atoms with Crippen LogP contribution in [-0.4, -0.2) is 38.0 Å². The number of rotatable bonds is 5. The Labute approximate surface area is 124 Å². The lowest BCUT2D eigenvalue weighted by Gasteiger charge is -2.50. The molecule has 0 aromatic heterocycles. The normalized spacial score (nSPS) is 28.9. The van der Waals surface area contributed by atoms with Gasteiger partial charge in [0.05, 0.1) is 11.7 Å². The zero-order valence-electron chi connectivity index (χ0n) is 14.0. The summed E-state index contributed by atoms with van der Waals surface area (Å²) in [5, 5.41) is 3.57. The van der Waals surface area contributed by atoms with E-state index in [0.717, 1.165) is 19.6 Å². The molecule has 1 spiro atoms. The van der Waals surface area contributed by atoms with Crippen LogP contribution in [0, 0.1) is 11.3 Å². The Morgan fingerprint density at radius 3 is 2.50 bits per heavy atom. The van der Waals surface area contributed by atoms with Crippen molar-refractivity contribution in [3.8, 4) is 0 Å². The smallest absolute Gasteiger partial charge is 0.0778 e. The van der Waals surface area contributed by atoms with Gasteiger partial charge in [0.15, 0.2) is 0 Å². The van der Waals surface area contributed by atoms with Gasteiger partial charge in [-0.05, 0) is 57.4 Å². The predicted octanol–water partition coefficient (Wildman–Crippen LogP) is 3.37. The van der Waals surface area contributed by atoms with Crippen LogP contribution in [0.15, 0.2) is 0 Å². The van der Waals surface area contributed by atoms with Crippen LogP contribution in [0.5, 0.6) is 0 Å². The minimum absolute atomic E-state index is 0.161. The van der Waals surface area contributed by atoms with Crippen LogP contribution in [0.25, 0.3) is 0 Å². The molecule has 0 bridgehead atoms. The molecule has 3 unspecified atom stereocenters. The number of nitrogens with one attached hydrogen (secondary N) is 1. The fraction of sp³-hybridized carbons (Fsp3) is 1.00. The molecule has 0 aromatic rings. The Hall–Kier alpha value is -0.120. The molecule has 1 heterocycles. The second-order valence-electron chi connectivity index (χ2n) is 7.69. The van der Waals surface area contributed by atoms with E-state index in [1.165, 1.54) is 25.7 Å². The molecule has 1 N–H and O–H groups in total. The Balaban J connectivity index is 2.08. The van der Waals surface area contributed by atoms with Gasteiger partial charge in [-0.15, -0.1) is 0 Å². The van der Waals surface area contributed by atoms with Gasteiger partial charge in [0.25, 0.3) is 0 Å². The van der Waals surface area contributed by atoms with Gasteiger partial charge in [-0.1, -0.05) is 20.8 Å². The summed E-state index contributed by atoms with van der Waals surface area (Å²) in [5.74, 6) is 0.671. The summed E-state index contributed by atoms with van der Waals surface area (Å²) >= 11 is 0. The zero-order chi connectivity index (χ0) is 14.8. The molecule has 118 valence electrons. The van der Waals surface area contributed by atoms with Crippen LogP contribution in [0.2, 0.25) is 0 Å². The molecule has 0 aromatic carbocycles. The molecule has 1 aliphatic heterocycles. The van der Waals surface area contributed by atoms with Crippen LogP contribution in [0.3, 0.4) is 0 Å². The summed E-state index contributed by atoms with van der Waals surface area (Å²) in [6.45, 7) is 10.7. The summed E-state index contributed by atoms with van der Waals surface area (Å²) in [5.41, 5.74) is 0.376. The van der Waals surface area contributed by atoms with Crippen LogP contribution in [-0.2, 0) is 9.47 Å². The van der Waals surface area contributed by atoms with Crippen molar-refractivity contribution in [3.05, 3.63) is 0 Å². The lowest BCUT2D eigenvalue weighted by Crippen LogP contribution is -2.56. The van der Waals surface area contributed by atoms with Gasteiger partial charge in [0.1, 0.15) is 0 Å². The molecule has 1 saturated heterocycles. The van der Waals surface area contributed by atoms with Crippen molar-refractivity contribution in [1.29, 1.82) is 0 Å². The lowest BCUT2D eigenvalue weighted by molar-refractivity contribution is -0.157. The molecule has 1 aliphatic carbocycles. The average Bonchev–Trinajstić information content (AvgIpc) is 2.36. The first kappa shape index (κ1) is 16.3. The van der Waals surface area contributed by atoms with Gasteiger partial charge >= 0.3 is 0 Å². The maximum Gasteiger partial charge on any atom is 0.0778 e. The first-order valence-electron chi connectivity index (χ1n) is 8.35. The summed E-state index contributed by atoms with van der Waals surface area (Å²) in [4.78, 5) is 0. The van der Waals surface area contributed by atoms with Crippen LogP contribution < -0.4 is 5.32 Å². The van der Waals surface area contributed by atoms with E-state index in [1.807, 2.05) is 0 Å². The van der Waals surface area contributed by atoms with Crippen molar-refractivity contribution < 1.29 is 9.47 Å². The Bertz CT molecular complexity index is 307. The minimum atomic E-state index is 0.161. The molecule has 0 amide bonds. The third-order valence-corrected chi connectivity index (χ3v) is 5.16.